The van der Waals surface area contributed by atoms with Crippen molar-refractivity contribution >= 4 is 34.3 Å². The summed E-state index contributed by atoms with van der Waals surface area (Å²) in [5.41, 5.74) is 4.22. The second-order valence-electron chi connectivity index (χ2n) is 8.08. The third kappa shape index (κ3) is 3.82. The summed E-state index contributed by atoms with van der Waals surface area (Å²) in [6.45, 7) is 4.81. The van der Waals surface area contributed by atoms with Crippen molar-refractivity contribution < 1.29 is 9.59 Å². The number of benzene rings is 2. The molecule has 2 unspecified atom stereocenters. The van der Waals surface area contributed by atoms with E-state index >= 15 is 0 Å². The van der Waals surface area contributed by atoms with Gasteiger partial charge < -0.3 is 15.2 Å². The number of amides is 2. The minimum Gasteiger partial charge on any atom is -0.356 e. The average molecular weight is 424 g/mol. The van der Waals surface area contributed by atoms with Crippen LogP contribution in [-0.2, 0) is 16.0 Å². The zero-order valence-corrected chi connectivity index (χ0v) is 17.9. The van der Waals surface area contributed by atoms with E-state index in [2.05, 4.69) is 36.3 Å². The Morgan fingerprint density at radius 3 is 2.57 bits per heavy atom. The minimum atomic E-state index is -0.818. The summed E-state index contributed by atoms with van der Waals surface area (Å²) in [4.78, 5) is 30.9. The molecule has 4 rings (SSSR count). The van der Waals surface area contributed by atoms with Crippen LogP contribution in [0.2, 0.25) is 0 Å². The summed E-state index contributed by atoms with van der Waals surface area (Å²) in [5, 5.41) is 3.13. The van der Waals surface area contributed by atoms with Gasteiger partial charge >= 0.3 is 0 Å². The van der Waals surface area contributed by atoms with Gasteiger partial charge in [0, 0.05) is 23.1 Å². The van der Waals surface area contributed by atoms with Crippen molar-refractivity contribution in [1.82, 2.24) is 15.2 Å². The molecule has 0 aliphatic carbocycles. The van der Waals surface area contributed by atoms with Crippen LogP contribution in [0.5, 0.6) is 0 Å². The molecule has 1 aliphatic heterocycles. The Labute approximate surface area is 181 Å². The summed E-state index contributed by atoms with van der Waals surface area (Å²) < 4.78 is 0. The number of nitrogens with zero attached hydrogens (tertiary/aromatic N) is 1. The molecule has 1 aromatic heterocycles. The predicted molar refractivity (Wildman–Crippen MR) is 119 cm³/mol. The Balaban J connectivity index is 1.49. The highest BCUT2D eigenvalue weighted by Crippen LogP contribution is 2.38. The molecule has 156 valence electrons. The molecule has 2 N–H and O–H groups in total. The van der Waals surface area contributed by atoms with E-state index < -0.39 is 5.38 Å². The molecule has 0 fully saturated rings. The first-order chi connectivity index (χ1) is 14.5. The lowest BCUT2D eigenvalue weighted by atomic mass is 9.90. The van der Waals surface area contributed by atoms with E-state index in [0.717, 1.165) is 17.6 Å². The van der Waals surface area contributed by atoms with Gasteiger partial charge in [0.15, 0.2) is 0 Å². The average Bonchev–Trinajstić information content (AvgIpc) is 3.15. The molecule has 0 spiro atoms. The van der Waals surface area contributed by atoms with Crippen LogP contribution in [0.1, 0.15) is 42.1 Å². The Morgan fingerprint density at radius 1 is 1.13 bits per heavy atom. The zero-order chi connectivity index (χ0) is 21.3. The van der Waals surface area contributed by atoms with E-state index in [4.69, 9.17) is 11.6 Å². The van der Waals surface area contributed by atoms with Gasteiger partial charge in [0.2, 0.25) is 11.8 Å². The van der Waals surface area contributed by atoms with Crippen LogP contribution in [0.25, 0.3) is 10.9 Å². The number of aromatic nitrogens is 1. The first-order valence-corrected chi connectivity index (χ1v) is 10.8. The number of aromatic amines is 1. The molecule has 2 amide bonds. The van der Waals surface area contributed by atoms with E-state index in [1.807, 2.05) is 35.2 Å². The minimum absolute atomic E-state index is 0.0496. The molecule has 0 saturated heterocycles. The van der Waals surface area contributed by atoms with Gasteiger partial charge in [-0.3, -0.25) is 9.59 Å². The monoisotopic (exact) mass is 423 g/mol. The van der Waals surface area contributed by atoms with Gasteiger partial charge in [-0.15, -0.1) is 11.6 Å². The van der Waals surface area contributed by atoms with Crippen LogP contribution in [0, 0.1) is 5.92 Å². The van der Waals surface area contributed by atoms with Crippen molar-refractivity contribution in [2.45, 2.75) is 31.7 Å². The number of carbonyl (C=O) groups is 2. The first kappa shape index (κ1) is 20.5. The smallest absolute Gasteiger partial charge is 0.243 e. The number of hydrogen-bond donors (Lipinski definition) is 2. The summed E-state index contributed by atoms with van der Waals surface area (Å²) in [6, 6.07) is 17.4. The van der Waals surface area contributed by atoms with Gasteiger partial charge in [-0.25, -0.2) is 0 Å². The molecular formula is C24H26ClN3O2. The maximum atomic E-state index is 13.1. The van der Waals surface area contributed by atoms with E-state index in [9.17, 15) is 9.59 Å². The van der Waals surface area contributed by atoms with Gasteiger partial charge in [-0.2, -0.15) is 0 Å². The topological polar surface area (TPSA) is 65.2 Å². The number of carbonyl (C=O) groups excluding carboxylic acids is 2. The standard InChI is InChI=1S/C24H26ClN3O2/c1-15(2)23-22-18(17-10-6-7-11-19(17)27-22)12-13-28(23)20(29)14-26-24(30)21(25)16-8-4-3-5-9-16/h3-11,15,21,23,27H,12-14H2,1-2H3,(H,26,30). The molecule has 5 nitrogen and oxygen atoms in total. The Kier molecular flexibility index (Phi) is 5.82. The number of halogens is 1. The lowest BCUT2D eigenvalue weighted by molar-refractivity contribution is -0.136. The van der Waals surface area contributed by atoms with Crippen molar-refractivity contribution in [3.05, 3.63) is 71.4 Å². The van der Waals surface area contributed by atoms with Crippen molar-refractivity contribution in [2.75, 3.05) is 13.1 Å². The van der Waals surface area contributed by atoms with Gasteiger partial charge in [0.1, 0.15) is 5.38 Å². The van der Waals surface area contributed by atoms with E-state index in [1.165, 1.54) is 10.9 Å². The number of alkyl halides is 1. The highest BCUT2D eigenvalue weighted by atomic mass is 35.5. The highest BCUT2D eigenvalue weighted by Gasteiger charge is 2.35. The SMILES string of the molecule is CC(C)C1c2[nH]c3ccccc3c2CCN1C(=O)CNC(=O)C(Cl)c1ccccc1. The fourth-order valence-electron chi connectivity index (χ4n) is 4.37. The van der Waals surface area contributed by atoms with Crippen molar-refractivity contribution in [3.8, 4) is 0 Å². The summed E-state index contributed by atoms with van der Waals surface area (Å²) in [7, 11) is 0. The van der Waals surface area contributed by atoms with Crippen molar-refractivity contribution in [2.24, 2.45) is 5.92 Å². The van der Waals surface area contributed by atoms with E-state index in [-0.39, 0.29) is 30.3 Å². The number of hydrogen-bond acceptors (Lipinski definition) is 2. The summed E-state index contributed by atoms with van der Waals surface area (Å²) in [5.74, 6) is -0.217. The van der Waals surface area contributed by atoms with Crippen LogP contribution in [0.3, 0.4) is 0 Å². The Bertz CT molecular complexity index is 1060. The number of para-hydroxylation sites is 1. The molecule has 0 radical (unpaired) electrons. The lowest BCUT2D eigenvalue weighted by Gasteiger charge is -2.38. The molecule has 1 aliphatic rings. The molecular weight excluding hydrogens is 398 g/mol. The molecule has 0 bridgehead atoms. The third-order valence-corrected chi connectivity index (χ3v) is 6.22. The van der Waals surface area contributed by atoms with Crippen molar-refractivity contribution in [3.63, 3.8) is 0 Å². The Hall–Kier alpha value is -2.79. The fourth-order valence-corrected chi connectivity index (χ4v) is 4.59. The number of nitrogens with one attached hydrogen (secondary N) is 2. The molecule has 3 aromatic rings. The normalized spacial score (nSPS) is 17.1. The second kappa shape index (κ2) is 8.52. The molecule has 2 aromatic carbocycles. The van der Waals surface area contributed by atoms with Gasteiger partial charge in [-0.1, -0.05) is 62.4 Å². The Morgan fingerprint density at radius 2 is 1.83 bits per heavy atom. The van der Waals surface area contributed by atoms with Crippen molar-refractivity contribution in [1.29, 1.82) is 0 Å². The number of rotatable bonds is 5. The lowest BCUT2D eigenvalue weighted by Crippen LogP contribution is -2.47. The first-order valence-electron chi connectivity index (χ1n) is 10.3. The molecule has 0 saturated carbocycles. The van der Waals surface area contributed by atoms with E-state index in [1.54, 1.807) is 12.1 Å². The van der Waals surface area contributed by atoms with Crippen LogP contribution in [-0.4, -0.2) is 34.8 Å². The van der Waals surface area contributed by atoms with Crippen LogP contribution in [0.4, 0.5) is 0 Å². The maximum Gasteiger partial charge on any atom is 0.243 e. The highest BCUT2D eigenvalue weighted by molar-refractivity contribution is 6.30. The molecule has 2 atom stereocenters. The molecule has 6 heteroatoms. The van der Waals surface area contributed by atoms with Crippen LogP contribution in [0.15, 0.2) is 54.6 Å². The van der Waals surface area contributed by atoms with E-state index in [0.29, 0.717) is 12.1 Å². The zero-order valence-electron chi connectivity index (χ0n) is 17.2. The predicted octanol–water partition coefficient (Wildman–Crippen LogP) is 4.35. The van der Waals surface area contributed by atoms with Gasteiger partial charge in [0.25, 0.3) is 0 Å². The largest absolute Gasteiger partial charge is 0.356 e. The second-order valence-corrected chi connectivity index (χ2v) is 8.52. The summed E-state index contributed by atoms with van der Waals surface area (Å²) >= 11 is 6.28. The molecule has 2 heterocycles. The van der Waals surface area contributed by atoms with Crippen LogP contribution < -0.4 is 5.32 Å². The maximum absolute atomic E-state index is 13.1. The molecule has 30 heavy (non-hydrogen) atoms. The number of H-pyrrole nitrogens is 1. The fraction of sp³-hybridized carbons (Fsp3) is 0.333. The quantitative estimate of drug-likeness (QED) is 0.599. The van der Waals surface area contributed by atoms with Gasteiger partial charge in [0.05, 0.1) is 12.6 Å². The van der Waals surface area contributed by atoms with Crippen LogP contribution >= 0.6 is 11.6 Å². The number of fused-ring (bicyclic) bond motifs is 3. The summed E-state index contributed by atoms with van der Waals surface area (Å²) in [6.07, 6.45) is 0.796. The van der Waals surface area contributed by atoms with Gasteiger partial charge in [-0.05, 0) is 29.5 Å². The third-order valence-electron chi connectivity index (χ3n) is 5.77.